The summed E-state index contributed by atoms with van der Waals surface area (Å²) in [5.41, 5.74) is 0.868. The molecule has 1 aromatic carbocycles. The van der Waals surface area contributed by atoms with E-state index in [9.17, 15) is 8.78 Å². The number of hydrogen-bond acceptors (Lipinski definition) is 3. The van der Waals surface area contributed by atoms with Crippen LogP contribution in [-0.2, 0) is 6.54 Å². The van der Waals surface area contributed by atoms with Gasteiger partial charge in [-0.2, -0.15) is 8.78 Å². The van der Waals surface area contributed by atoms with Crippen LogP contribution >= 0.6 is 11.6 Å². The molecule has 18 heavy (non-hydrogen) atoms. The minimum Gasteiger partial charge on any atom is -0.433 e. The monoisotopic (exact) mass is 279 g/mol. The lowest BCUT2D eigenvalue weighted by molar-refractivity contribution is -0.0497. The second kappa shape index (κ2) is 7.51. The van der Waals surface area contributed by atoms with E-state index in [1.54, 1.807) is 19.1 Å². The van der Waals surface area contributed by atoms with Gasteiger partial charge in [-0.3, -0.25) is 0 Å². The number of hydrogen-bond donors (Lipinski definition) is 2. The molecule has 1 rings (SSSR count). The predicted molar refractivity (Wildman–Crippen MR) is 66.1 cm³/mol. The van der Waals surface area contributed by atoms with Crippen molar-refractivity contribution in [3.8, 4) is 5.75 Å². The molecule has 1 unspecified atom stereocenters. The summed E-state index contributed by atoms with van der Waals surface area (Å²) in [6.45, 7) is 0.0681. The van der Waals surface area contributed by atoms with E-state index in [2.05, 4.69) is 10.1 Å². The number of rotatable bonds is 7. The normalized spacial score (nSPS) is 12.8. The zero-order valence-electron chi connectivity index (χ0n) is 10.00. The van der Waals surface area contributed by atoms with E-state index < -0.39 is 6.61 Å². The summed E-state index contributed by atoms with van der Waals surface area (Å²) in [6, 6.07) is 4.66. The van der Waals surface area contributed by atoms with Crippen LogP contribution in [0.4, 0.5) is 8.78 Å². The lowest BCUT2D eigenvalue weighted by Crippen LogP contribution is -2.18. The Hall–Kier alpha value is -0.910. The van der Waals surface area contributed by atoms with Crippen molar-refractivity contribution in [3.05, 3.63) is 28.8 Å². The number of ether oxygens (including phenoxy) is 1. The van der Waals surface area contributed by atoms with Crippen LogP contribution in [0.3, 0.4) is 0 Å². The first-order chi connectivity index (χ1) is 8.49. The maximum Gasteiger partial charge on any atom is 0.387 e. The van der Waals surface area contributed by atoms with E-state index >= 15 is 0 Å². The zero-order valence-corrected chi connectivity index (χ0v) is 10.8. The Bertz CT molecular complexity index is 375. The molecule has 102 valence electrons. The van der Waals surface area contributed by atoms with Crippen LogP contribution in [0.5, 0.6) is 5.75 Å². The summed E-state index contributed by atoms with van der Waals surface area (Å²) in [4.78, 5) is 0. The standard InChI is InChI=1S/C12H16ClF2NO2/c1-8(17)4-5-16-7-9-2-3-11(10(13)6-9)18-12(14)15/h2-3,6,8,12,16-17H,4-5,7H2,1H3. The average Bonchev–Trinajstić information content (AvgIpc) is 2.27. The van der Waals surface area contributed by atoms with Crippen LogP contribution in [0.1, 0.15) is 18.9 Å². The first-order valence-corrected chi connectivity index (χ1v) is 5.99. The van der Waals surface area contributed by atoms with Crippen molar-refractivity contribution in [1.82, 2.24) is 5.32 Å². The first-order valence-electron chi connectivity index (χ1n) is 5.61. The Kier molecular flexibility index (Phi) is 6.32. The zero-order chi connectivity index (χ0) is 13.5. The van der Waals surface area contributed by atoms with Crippen LogP contribution in [0.25, 0.3) is 0 Å². The molecule has 0 saturated carbocycles. The maximum atomic E-state index is 12.0. The highest BCUT2D eigenvalue weighted by atomic mass is 35.5. The van der Waals surface area contributed by atoms with Crippen LogP contribution in [0.15, 0.2) is 18.2 Å². The number of nitrogens with one attached hydrogen (secondary N) is 1. The molecule has 2 N–H and O–H groups in total. The van der Waals surface area contributed by atoms with Crippen molar-refractivity contribution in [2.45, 2.75) is 32.6 Å². The maximum absolute atomic E-state index is 12.0. The highest BCUT2D eigenvalue weighted by Crippen LogP contribution is 2.26. The average molecular weight is 280 g/mol. The summed E-state index contributed by atoms with van der Waals surface area (Å²) < 4.78 is 28.3. The van der Waals surface area contributed by atoms with Crippen molar-refractivity contribution in [3.63, 3.8) is 0 Å². The molecule has 0 bridgehead atoms. The first kappa shape index (κ1) is 15.1. The summed E-state index contributed by atoms with van der Waals surface area (Å²) in [5, 5.41) is 12.3. The Morgan fingerprint density at radius 2 is 2.17 bits per heavy atom. The molecular weight excluding hydrogens is 264 g/mol. The van der Waals surface area contributed by atoms with Crippen molar-refractivity contribution in [2.75, 3.05) is 6.54 Å². The van der Waals surface area contributed by atoms with E-state index in [1.807, 2.05) is 0 Å². The molecule has 0 fully saturated rings. The van der Waals surface area contributed by atoms with Gasteiger partial charge in [0.25, 0.3) is 0 Å². The molecule has 1 aromatic rings. The minimum absolute atomic E-state index is 0.0283. The lowest BCUT2D eigenvalue weighted by Gasteiger charge is -2.09. The van der Waals surface area contributed by atoms with Gasteiger partial charge < -0.3 is 15.2 Å². The third-order valence-corrected chi connectivity index (χ3v) is 2.58. The van der Waals surface area contributed by atoms with E-state index in [0.717, 1.165) is 5.56 Å². The van der Waals surface area contributed by atoms with E-state index in [-0.39, 0.29) is 16.9 Å². The number of alkyl halides is 2. The third-order valence-electron chi connectivity index (χ3n) is 2.28. The van der Waals surface area contributed by atoms with Gasteiger partial charge in [-0.25, -0.2) is 0 Å². The summed E-state index contributed by atoms with van der Waals surface area (Å²) >= 11 is 5.81. The molecule has 6 heteroatoms. The lowest BCUT2D eigenvalue weighted by atomic mass is 10.2. The van der Waals surface area contributed by atoms with E-state index in [1.165, 1.54) is 6.07 Å². The molecule has 1 atom stereocenters. The Balaban J connectivity index is 2.46. The fourth-order valence-corrected chi connectivity index (χ4v) is 1.64. The molecular formula is C12H16ClF2NO2. The Labute approximate surface area is 110 Å². The van der Waals surface area contributed by atoms with Crippen LogP contribution < -0.4 is 10.1 Å². The van der Waals surface area contributed by atoms with Gasteiger partial charge in [0.15, 0.2) is 0 Å². The fourth-order valence-electron chi connectivity index (χ4n) is 1.39. The molecule has 3 nitrogen and oxygen atoms in total. The van der Waals surface area contributed by atoms with Crippen molar-refractivity contribution >= 4 is 11.6 Å². The predicted octanol–water partition coefficient (Wildman–Crippen LogP) is 2.80. The number of halogens is 3. The summed E-state index contributed by atoms with van der Waals surface area (Å²) in [5.74, 6) is -0.0283. The van der Waals surface area contributed by atoms with Gasteiger partial charge in [0.2, 0.25) is 0 Å². The molecule has 0 radical (unpaired) electrons. The van der Waals surface area contributed by atoms with Gasteiger partial charge in [-0.1, -0.05) is 17.7 Å². The molecule has 0 spiro atoms. The SMILES string of the molecule is CC(O)CCNCc1ccc(OC(F)F)c(Cl)c1. The second-order valence-electron chi connectivity index (χ2n) is 3.96. The fraction of sp³-hybridized carbons (Fsp3) is 0.500. The largest absolute Gasteiger partial charge is 0.433 e. The second-order valence-corrected chi connectivity index (χ2v) is 4.36. The molecule has 0 aliphatic rings. The van der Waals surface area contributed by atoms with E-state index in [4.69, 9.17) is 16.7 Å². The number of aliphatic hydroxyl groups is 1. The highest BCUT2D eigenvalue weighted by Gasteiger charge is 2.08. The molecule has 0 aliphatic heterocycles. The Morgan fingerprint density at radius 1 is 1.44 bits per heavy atom. The molecule has 0 heterocycles. The molecule has 0 amide bonds. The van der Waals surface area contributed by atoms with Crippen molar-refractivity contribution < 1.29 is 18.6 Å². The van der Waals surface area contributed by atoms with E-state index in [0.29, 0.717) is 19.5 Å². The summed E-state index contributed by atoms with van der Waals surface area (Å²) in [6.07, 6.45) is 0.309. The van der Waals surface area contributed by atoms with Crippen LogP contribution in [0, 0.1) is 0 Å². The van der Waals surface area contributed by atoms with Gasteiger partial charge in [0, 0.05) is 6.54 Å². The van der Waals surface area contributed by atoms with Gasteiger partial charge in [-0.05, 0) is 37.6 Å². The molecule has 0 saturated heterocycles. The smallest absolute Gasteiger partial charge is 0.387 e. The van der Waals surface area contributed by atoms with Crippen molar-refractivity contribution in [2.24, 2.45) is 0 Å². The van der Waals surface area contributed by atoms with Crippen LogP contribution in [0.2, 0.25) is 5.02 Å². The highest BCUT2D eigenvalue weighted by molar-refractivity contribution is 6.32. The quantitative estimate of drug-likeness (QED) is 0.754. The van der Waals surface area contributed by atoms with Gasteiger partial charge in [-0.15, -0.1) is 0 Å². The number of aliphatic hydroxyl groups excluding tert-OH is 1. The topological polar surface area (TPSA) is 41.5 Å². The minimum atomic E-state index is -2.88. The van der Waals surface area contributed by atoms with Gasteiger partial charge in [0.1, 0.15) is 5.75 Å². The van der Waals surface area contributed by atoms with Crippen LogP contribution in [-0.4, -0.2) is 24.4 Å². The third kappa shape index (κ3) is 5.62. The molecule has 0 aromatic heterocycles. The summed E-state index contributed by atoms with van der Waals surface area (Å²) in [7, 11) is 0. The number of benzene rings is 1. The van der Waals surface area contributed by atoms with Gasteiger partial charge in [0.05, 0.1) is 11.1 Å². The van der Waals surface area contributed by atoms with Gasteiger partial charge >= 0.3 is 6.61 Å². The van der Waals surface area contributed by atoms with Crippen molar-refractivity contribution in [1.29, 1.82) is 0 Å². The molecule has 0 aliphatic carbocycles. The Morgan fingerprint density at radius 3 is 2.72 bits per heavy atom.